The van der Waals surface area contributed by atoms with E-state index >= 15 is 0 Å². The molecule has 1 aliphatic heterocycles. The Kier molecular flexibility index (Phi) is 4.57. The van der Waals surface area contributed by atoms with E-state index in [4.69, 9.17) is 9.16 Å². The summed E-state index contributed by atoms with van der Waals surface area (Å²) in [6.45, 7) is 15.9. The zero-order chi connectivity index (χ0) is 12.4. The van der Waals surface area contributed by atoms with Gasteiger partial charge in [0.05, 0.1) is 25.9 Å². The maximum atomic E-state index is 6.18. The minimum Gasteiger partial charge on any atom is -0.415 e. The van der Waals surface area contributed by atoms with Crippen molar-refractivity contribution in [3.8, 4) is 0 Å². The summed E-state index contributed by atoms with van der Waals surface area (Å²) in [7, 11) is -1.61. The first kappa shape index (κ1) is 14.2. The predicted octanol–water partition coefficient (Wildman–Crippen LogP) is 2.39. The van der Waals surface area contributed by atoms with Crippen LogP contribution in [0.15, 0.2) is 0 Å². The Bertz CT molecular complexity index is 226. The van der Waals surface area contributed by atoms with Crippen molar-refractivity contribution in [2.24, 2.45) is 0 Å². The highest BCUT2D eigenvalue weighted by Crippen LogP contribution is 2.36. The Labute approximate surface area is 101 Å². The Morgan fingerprint density at radius 1 is 1.31 bits per heavy atom. The quantitative estimate of drug-likeness (QED) is 0.775. The summed E-state index contributed by atoms with van der Waals surface area (Å²) in [5, 5.41) is 3.80. The molecule has 96 valence electrons. The van der Waals surface area contributed by atoms with E-state index in [0.717, 1.165) is 19.8 Å². The van der Waals surface area contributed by atoms with Crippen LogP contribution in [0.1, 0.15) is 27.7 Å². The molecule has 0 radical (unpaired) electrons. The van der Waals surface area contributed by atoms with Gasteiger partial charge in [0.2, 0.25) is 0 Å². The Morgan fingerprint density at radius 2 is 1.94 bits per heavy atom. The Balaban J connectivity index is 2.39. The van der Waals surface area contributed by atoms with Crippen molar-refractivity contribution in [2.75, 3.05) is 19.8 Å². The van der Waals surface area contributed by atoms with Gasteiger partial charge in [-0.15, -0.1) is 0 Å². The van der Waals surface area contributed by atoms with E-state index in [9.17, 15) is 0 Å². The van der Waals surface area contributed by atoms with E-state index < -0.39 is 8.32 Å². The molecule has 1 N–H and O–H groups in total. The average molecular weight is 245 g/mol. The van der Waals surface area contributed by atoms with Crippen molar-refractivity contribution >= 4 is 8.32 Å². The third kappa shape index (κ3) is 3.84. The summed E-state index contributed by atoms with van der Waals surface area (Å²) in [5.74, 6) is 0. The van der Waals surface area contributed by atoms with Crippen LogP contribution in [0.5, 0.6) is 0 Å². The van der Waals surface area contributed by atoms with Gasteiger partial charge in [-0.25, -0.2) is 0 Å². The van der Waals surface area contributed by atoms with E-state index in [0.29, 0.717) is 12.1 Å². The average Bonchev–Trinajstić information content (AvgIpc) is 2.13. The first-order valence-electron chi connectivity index (χ1n) is 6.20. The highest BCUT2D eigenvalue weighted by atomic mass is 28.4. The lowest BCUT2D eigenvalue weighted by Gasteiger charge is -2.38. The van der Waals surface area contributed by atoms with Crippen molar-refractivity contribution in [1.29, 1.82) is 0 Å². The minimum absolute atomic E-state index is 0.286. The smallest absolute Gasteiger partial charge is 0.192 e. The minimum atomic E-state index is -1.61. The van der Waals surface area contributed by atoms with Gasteiger partial charge in [-0.3, -0.25) is 0 Å². The van der Waals surface area contributed by atoms with Gasteiger partial charge in [0, 0.05) is 6.04 Å². The molecule has 0 aromatic rings. The molecule has 0 unspecified atom stereocenters. The zero-order valence-corrected chi connectivity index (χ0v) is 12.6. The van der Waals surface area contributed by atoms with Crippen molar-refractivity contribution < 1.29 is 9.16 Å². The van der Waals surface area contributed by atoms with Crippen LogP contribution in [0.3, 0.4) is 0 Å². The lowest BCUT2D eigenvalue weighted by Crippen LogP contribution is -2.52. The maximum absolute atomic E-state index is 6.18. The molecule has 0 aromatic heterocycles. The molecule has 1 aliphatic rings. The number of nitrogens with one attached hydrogen (secondary N) is 1. The topological polar surface area (TPSA) is 30.5 Å². The van der Waals surface area contributed by atoms with Crippen LogP contribution in [-0.4, -0.2) is 40.2 Å². The van der Waals surface area contributed by atoms with Crippen LogP contribution in [0.4, 0.5) is 0 Å². The summed E-state index contributed by atoms with van der Waals surface area (Å²) in [6.07, 6.45) is 0. The van der Waals surface area contributed by atoms with Crippen molar-refractivity contribution in [3.05, 3.63) is 0 Å². The third-order valence-electron chi connectivity index (χ3n) is 3.66. The number of ether oxygens (including phenoxy) is 1. The van der Waals surface area contributed by atoms with Crippen LogP contribution in [0.2, 0.25) is 18.1 Å². The molecule has 0 aliphatic carbocycles. The first-order chi connectivity index (χ1) is 7.22. The summed E-state index contributed by atoms with van der Waals surface area (Å²) >= 11 is 0. The van der Waals surface area contributed by atoms with Crippen LogP contribution < -0.4 is 5.32 Å². The molecule has 0 amide bonds. The van der Waals surface area contributed by atoms with Gasteiger partial charge in [-0.05, 0) is 25.1 Å². The van der Waals surface area contributed by atoms with Crippen LogP contribution in [0, 0.1) is 0 Å². The van der Waals surface area contributed by atoms with Crippen LogP contribution in [-0.2, 0) is 9.16 Å². The van der Waals surface area contributed by atoms with Gasteiger partial charge in [-0.2, -0.15) is 0 Å². The molecule has 4 heteroatoms. The number of hydrogen-bond donors (Lipinski definition) is 1. The standard InChI is InChI=1S/C12H27NO2Si/c1-10-7-14-8-11(13-10)9-15-16(5,6)12(2,3)4/h10-11,13H,7-9H2,1-6H3/t10-,11+/m1/s1. The van der Waals surface area contributed by atoms with E-state index in [1.54, 1.807) is 0 Å². The van der Waals surface area contributed by atoms with Gasteiger partial charge in [-0.1, -0.05) is 20.8 Å². The normalized spacial score (nSPS) is 28.1. The van der Waals surface area contributed by atoms with Gasteiger partial charge >= 0.3 is 0 Å². The SMILES string of the molecule is C[C@@H]1COC[C@@H](CO[Si](C)(C)C(C)(C)C)N1. The summed E-state index contributed by atoms with van der Waals surface area (Å²) in [6, 6.07) is 0.805. The molecule has 3 nitrogen and oxygen atoms in total. The second kappa shape index (κ2) is 5.17. The molecule has 1 saturated heterocycles. The van der Waals surface area contributed by atoms with E-state index in [-0.39, 0.29) is 5.04 Å². The molecule has 1 heterocycles. The Hall–Kier alpha value is 0.0969. The lowest BCUT2D eigenvalue weighted by molar-refractivity contribution is 0.0333. The number of morpholine rings is 1. The molecule has 16 heavy (non-hydrogen) atoms. The molecule has 0 spiro atoms. The van der Waals surface area contributed by atoms with E-state index in [1.165, 1.54) is 0 Å². The van der Waals surface area contributed by atoms with E-state index in [2.05, 4.69) is 46.1 Å². The molecule has 1 rings (SSSR count). The molecule has 1 fully saturated rings. The second-order valence-corrected chi connectivity index (χ2v) is 11.2. The van der Waals surface area contributed by atoms with Gasteiger partial charge in [0.15, 0.2) is 8.32 Å². The van der Waals surface area contributed by atoms with Crippen LogP contribution in [0.25, 0.3) is 0 Å². The van der Waals surface area contributed by atoms with Crippen molar-refractivity contribution in [2.45, 2.75) is 57.9 Å². The fraction of sp³-hybridized carbons (Fsp3) is 1.00. The largest absolute Gasteiger partial charge is 0.415 e. The van der Waals surface area contributed by atoms with Gasteiger partial charge in [0.1, 0.15) is 0 Å². The molecule has 0 aromatic carbocycles. The summed E-state index contributed by atoms with van der Waals surface area (Å²) in [4.78, 5) is 0. The monoisotopic (exact) mass is 245 g/mol. The van der Waals surface area contributed by atoms with Crippen LogP contribution >= 0.6 is 0 Å². The maximum Gasteiger partial charge on any atom is 0.192 e. The molecule has 0 bridgehead atoms. The molecule has 0 saturated carbocycles. The fourth-order valence-corrected chi connectivity index (χ4v) is 2.56. The molecule has 2 atom stereocenters. The Morgan fingerprint density at radius 3 is 2.44 bits per heavy atom. The van der Waals surface area contributed by atoms with Crippen molar-refractivity contribution in [3.63, 3.8) is 0 Å². The first-order valence-corrected chi connectivity index (χ1v) is 9.11. The summed E-state index contributed by atoms with van der Waals surface area (Å²) in [5.41, 5.74) is 0. The highest BCUT2D eigenvalue weighted by Gasteiger charge is 2.37. The predicted molar refractivity (Wildman–Crippen MR) is 70.4 cm³/mol. The third-order valence-corrected chi connectivity index (χ3v) is 8.16. The number of hydrogen-bond acceptors (Lipinski definition) is 3. The molecular formula is C12H27NO2Si. The second-order valence-electron chi connectivity index (χ2n) is 6.37. The highest BCUT2D eigenvalue weighted by molar-refractivity contribution is 6.74. The van der Waals surface area contributed by atoms with Gasteiger partial charge in [0.25, 0.3) is 0 Å². The van der Waals surface area contributed by atoms with Gasteiger partial charge < -0.3 is 14.5 Å². The van der Waals surface area contributed by atoms with Crippen molar-refractivity contribution in [1.82, 2.24) is 5.32 Å². The zero-order valence-electron chi connectivity index (χ0n) is 11.6. The lowest BCUT2D eigenvalue weighted by atomic mass is 10.2. The fourth-order valence-electron chi connectivity index (χ4n) is 1.51. The summed E-state index contributed by atoms with van der Waals surface area (Å²) < 4.78 is 11.7. The number of rotatable bonds is 3. The van der Waals surface area contributed by atoms with E-state index in [1.807, 2.05) is 0 Å². The molecular weight excluding hydrogens is 218 g/mol.